The number of nitrogens with one attached hydrogen (secondary N) is 3. The van der Waals surface area contributed by atoms with E-state index in [-0.39, 0.29) is 0 Å². The highest BCUT2D eigenvalue weighted by molar-refractivity contribution is 9.10. The average molecular weight is 432 g/mol. The average Bonchev–Trinajstić information content (AvgIpc) is 3.32. The van der Waals surface area contributed by atoms with Gasteiger partial charge in [-0.25, -0.2) is 4.98 Å². The van der Waals surface area contributed by atoms with E-state index >= 15 is 0 Å². The molecule has 2 aromatic heterocycles. The van der Waals surface area contributed by atoms with Crippen LogP contribution < -0.4 is 19.5 Å². The molecule has 0 saturated carbocycles. The lowest BCUT2D eigenvalue weighted by atomic mass is 10.0. The number of nitrogens with zero attached hydrogens (tertiary/aromatic N) is 2. The van der Waals surface area contributed by atoms with Crippen molar-refractivity contribution in [3.05, 3.63) is 40.4 Å². The minimum absolute atomic E-state index is 0.415. The monoisotopic (exact) mass is 431 g/mol. The van der Waals surface area contributed by atoms with Gasteiger partial charge in [-0.2, -0.15) is 5.26 Å². The molecule has 0 bridgehead atoms. The van der Waals surface area contributed by atoms with Gasteiger partial charge < -0.3 is 29.5 Å². The van der Waals surface area contributed by atoms with Gasteiger partial charge in [-0.05, 0) is 28.1 Å². The minimum Gasteiger partial charge on any atom is -0.493 e. The number of H-pyrrole nitrogens is 2. The first-order valence-electron chi connectivity index (χ1n) is 7.97. The minimum atomic E-state index is 0.415. The van der Waals surface area contributed by atoms with Crippen LogP contribution in [-0.2, 0) is 6.54 Å². The first-order chi connectivity index (χ1) is 13.1. The van der Waals surface area contributed by atoms with Crippen molar-refractivity contribution >= 4 is 21.9 Å². The Morgan fingerprint density at radius 2 is 1.96 bits per heavy atom. The lowest BCUT2D eigenvalue weighted by Gasteiger charge is -2.16. The standard InChI is InChI=1S/C18H18BrN5O3/c1-25-13-5-4-10(16(26-2)17(13)27-3)14-12(24-11(8-20)15(14)19)9-23-18-21-6-7-22-18/h4-7,24H,9H2,1-3H3,(H2,21,22,23). The lowest BCUT2D eigenvalue weighted by molar-refractivity contribution is 0.325. The Kier molecular flexibility index (Phi) is 5.57. The van der Waals surface area contributed by atoms with Crippen LogP contribution in [0.5, 0.6) is 17.2 Å². The molecule has 3 aromatic rings. The number of hydrogen-bond acceptors (Lipinski definition) is 6. The van der Waals surface area contributed by atoms with E-state index in [0.29, 0.717) is 39.9 Å². The number of aromatic nitrogens is 3. The summed E-state index contributed by atoms with van der Waals surface area (Å²) in [5, 5.41) is 12.6. The van der Waals surface area contributed by atoms with Gasteiger partial charge in [0.15, 0.2) is 17.4 Å². The molecule has 9 heteroatoms. The lowest BCUT2D eigenvalue weighted by Crippen LogP contribution is -2.03. The number of imidazole rings is 1. The normalized spacial score (nSPS) is 10.3. The molecule has 0 radical (unpaired) electrons. The van der Waals surface area contributed by atoms with Gasteiger partial charge in [0.2, 0.25) is 5.75 Å². The second-order valence-corrected chi connectivity index (χ2v) is 6.25. The molecular weight excluding hydrogens is 414 g/mol. The van der Waals surface area contributed by atoms with Crippen LogP contribution in [0, 0.1) is 11.3 Å². The number of methoxy groups -OCH3 is 3. The Balaban J connectivity index is 2.13. The summed E-state index contributed by atoms with van der Waals surface area (Å²) in [5.41, 5.74) is 2.76. The van der Waals surface area contributed by atoms with E-state index in [1.165, 1.54) is 0 Å². The van der Waals surface area contributed by atoms with Gasteiger partial charge in [0, 0.05) is 29.2 Å². The van der Waals surface area contributed by atoms with Gasteiger partial charge in [-0.1, -0.05) is 0 Å². The van der Waals surface area contributed by atoms with Crippen molar-refractivity contribution < 1.29 is 14.2 Å². The number of anilines is 1. The predicted molar refractivity (Wildman–Crippen MR) is 104 cm³/mol. The van der Waals surface area contributed by atoms with E-state index in [0.717, 1.165) is 16.8 Å². The van der Waals surface area contributed by atoms with Crippen molar-refractivity contribution in [2.24, 2.45) is 0 Å². The Bertz CT molecular complexity index is 976. The summed E-state index contributed by atoms with van der Waals surface area (Å²) in [6.07, 6.45) is 3.39. The third-order valence-electron chi connectivity index (χ3n) is 4.03. The van der Waals surface area contributed by atoms with E-state index in [1.54, 1.807) is 39.8 Å². The Hall–Kier alpha value is -3.12. The largest absolute Gasteiger partial charge is 0.493 e. The van der Waals surface area contributed by atoms with Crippen LogP contribution in [0.2, 0.25) is 0 Å². The molecule has 0 spiro atoms. The van der Waals surface area contributed by atoms with E-state index in [9.17, 15) is 5.26 Å². The topological polar surface area (TPSA) is 108 Å². The third kappa shape index (κ3) is 3.44. The summed E-state index contributed by atoms with van der Waals surface area (Å²) in [7, 11) is 4.68. The molecule has 3 N–H and O–H groups in total. The fourth-order valence-corrected chi connectivity index (χ4v) is 3.49. The molecule has 0 atom stereocenters. The number of aromatic amines is 2. The van der Waals surface area contributed by atoms with Crippen LogP contribution in [0.4, 0.5) is 5.95 Å². The second-order valence-electron chi connectivity index (χ2n) is 5.45. The quantitative estimate of drug-likeness (QED) is 0.526. The van der Waals surface area contributed by atoms with Crippen LogP contribution in [0.15, 0.2) is 29.0 Å². The van der Waals surface area contributed by atoms with Crippen LogP contribution >= 0.6 is 15.9 Å². The molecular formula is C18H18BrN5O3. The summed E-state index contributed by atoms with van der Waals surface area (Å²) in [6, 6.07) is 5.82. The molecule has 2 heterocycles. The Labute approximate surface area is 164 Å². The summed E-state index contributed by atoms with van der Waals surface area (Å²) in [4.78, 5) is 10.3. The molecule has 3 rings (SSSR count). The van der Waals surface area contributed by atoms with E-state index in [4.69, 9.17) is 14.2 Å². The zero-order valence-electron chi connectivity index (χ0n) is 15.0. The van der Waals surface area contributed by atoms with Crippen LogP contribution in [0.3, 0.4) is 0 Å². The maximum atomic E-state index is 9.44. The summed E-state index contributed by atoms with van der Waals surface area (Å²) < 4.78 is 17.1. The number of ether oxygens (including phenoxy) is 3. The van der Waals surface area contributed by atoms with Crippen molar-refractivity contribution in [2.75, 3.05) is 26.6 Å². The molecule has 8 nitrogen and oxygen atoms in total. The zero-order chi connectivity index (χ0) is 19.4. The molecule has 0 fully saturated rings. The smallest absolute Gasteiger partial charge is 0.203 e. The number of hydrogen-bond donors (Lipinski definition) is 3. The van der Waals surface area contributed by atoms with Crippen molar-refractivity contribution in [2.45, 2.75) is 6.54 Å². The van der Waals surface area contributed by atoms with E-state index < -0.39 is 0 Å². The molecule has 0 aliphatic heterocycles. The van der Waals surface area contributed by atoms with Gasteiger partial charge in [0.25, 0.3) is 0 Å². The third-order valence-corrected chi connectivity index (χ3v) is 4.83. The SMILES string of the molecule is COc1ccc(-c2c(CNc3ncc[nH]3)[nH]c(C#N)c2Br)c(OC)c1OC. The number of rotatable bonds is 7. The Morgan fingerprint density at radius 3 is 2.56 bits per heavy atom. The van der Waals surface area contributed by atoms with Crippen molar-refractivity contribution in [3.63, 3.8) is 0 Å². The molecule has 0 amide bonds. The van der Waals surface area contributed by atoms with Gasteiger partial charge in [0.1, 0.15) is 11.8 Å². The highest BCUT2D eigenvalue weighted by Gasteiger charge is 2.24. The van der Waals surface area contributed by atoms with Gasteiger partial charge in [0.05, 0.1) is 32.3 Å². The molecule has 0 aliphatic carbocycles. The summed E-state index contributed by atoms with van der Waals surface area (Å²) in [6.45, 7) is 0.417. The van der Waals surface area contributed by atoms with Crippen LogP contribution in [0.25, 0.3) is 11.1 Å². The van der Waals surface area contributed by atoms with Gasteiger partial charge in [-0.3, -0.25) is 0 Å². The van der Waals surface area contributed by atoms with Crippen molar-refractivity contribution in [1.29, 1.82) is 5.26 Å². The van der Waals surface area contributed by atoms with Crippen LogP contribution in [-0.4, -0.2) is 36.3 Å². The first kappa shape index (κ1) is 18.7. The number of nitriles is 1. The molecule has 140 valence electrons. The van der Waals surface area contributed by atoms with Crippen molar-refractivity contribution in [3.8, 4) is 34.4 Å². The second kappa shape index (κ2) is 8.05. The highest BCUT2D eigenvalue weighted by atomic mass is 79.9. The first-order valence-corrected chi connectivity index (χ1v) is 8.76. The molecule has 0 unspecified atom stereocenters. The highest BCUT2D eigenvalue weighted by Crippen LogP contribution is 2.47. The summed E-state index contributed by atoms with van der Waals surface area (Å²) >= 11 is 3.53. The van der Waals surface area contributed by atoms with Crippen molar-refractivity contribution in [1.82, 2.24) is 15.0 Å². The predicted octanol–water partition coefficient (Wildman–Crippen LogP) is 3.68. The van der Waals surface area contributed by atoms with Gasteiger partial charge in [-0.15, -0.1) is 0 Å². The zero-order valence-corrected chi connectivity index (χ0v) is 16.6. The Morgan fingerprint density at radius 1 is 1.19 bits per heavy atom. The molecule has 0 saturated heterocycles. The fraction of sp³-hybridized carbons (Fsp3) is 0.222. The maximum Gasteiger partial charge on any atom is 0.203 e. The van der Waals surface area contributed by atoms with Crippen LogP contribution in [0.1, 0.15) is 11.4 Å². The van der Waals surface area contributed by atoms with E-state index in [1.807, 2.05) is 6.07 Å². The maximum absolute atomic E-state index is 9.44. The van der Waals surface area contributed by atoms with E-state index in [2.05, 4.69) is 42.3 Å². The fourth-order valence-electron chi connectivity index (χ4n) is 2.85. The summed E-state index contributed by atoms with van der Waals surface area (Å²) in [5.74, 6) is 2.18. The molecule has 0 aliphatic rings. The number of halogens is 1. The van der Waals surface area contributed by atoms with Gasteiger partial charge >= 0.3 is 0 Å². The number of benzene rings is 1. The molecule has 27 heavy (non-hydrogen) atoms. The molecule has 1 aromatic carbocycles.